The highest BCUT2D eigenvalue weighted by molar-refractivity contribution is 7.13. The van der Waals surface area contributed by atoms with Crippen molar-refractivity contribution in [1.82, 2.24) is 10.2 Å². The number of likely N-dealkylation sites (tertiary alicyclic amines) is 1. The molecule has 0 atom stereocenters. The first-order valence-electron chi connectivity index (χ1n) is 8.43. The number of carboxylic acids is 1. The maximum absolute atomic E-state index is 12.2. The molecule has 1 aromatic heterocycles. The highest BCUT2D eigenvalue weighted by Crippen LogP contribution is 2.18. The number of nitrogens with one attached hydrogen (secondary N) is 1. The lowest BCUT2D eigenvalue weighted by Crippen LogP contribution is -2.44. The molecule has 3 rings (SSSR count). The third kappa shape index (κ3) is 4.67. The SMILES string of the molecule is Cc1ccc(C(=O)NC2CCN(Cc3cccc(C(=O)O)c3)CC2)s1. The fourth-order valence-corrected chi connectivity index (χ4v) is 3.88. The van der Waals surface area contributed by atoms with E-state index in [-0.39, 0.29) is 11.9 Å². The Bertz CT molecular complexity index is 764. The van der Waals surface area contributed by atoms with Crippen molar-refractivity contribution in [1.29, 1.82) is 0 Å². The molecular formula is C19H22N2O3S. The Morgan fingerprint density at radius 3 is 2.64 bits per heavy atom. The largest absolute Gasteiger partial charge is 0.478 e. The van der Waals surface area contributed by atoms with Gasteiger partial charge in [0.2, 0.25) is 0 Å². The molecular weight excluding hydrogens is 336 g/mol. The number of piperidine rings is 1. The summed E-state index contributed by atoms with van der Waals surface area (Å²) < 4.78 is 0. The van der Waals surface area contributed by atoms with E-state index in [0.717, 1.165) is 47.8 Å². The van der Waals surface area contributed by atoms with Gasteiger partial charge in [-0.25, -0.2) is 4.79 Å². The molecule has 2 heterocycles. The lowest BCUT2D eigenvalue weighted by Gasteiger charge is -2.32. The van der Waals surface area contributed by atoms with E-state index in [1.165, 1.54) is 11.3 Å². The minimum Gasteiger partial charge on any atom is -0.478 e. The number of benzene rings is 1. The van der Waals surface area contributed by atoms with Crippen molar-refractivity contribution in [2.24, 2.45) is 0 Å². The lowest BCUT2D eigenvalue weighted by atomic mass is 10.0. The molecule has 6 heteroatoms. The number of carboxylic acid groups (broad SMARTS) is 1. The second-order valence-corrected chi connectivity index (χ2v) is 7.73. The number of hydrogen-bond acceptors (Lipinski definition) is 4. The van der Waals surface area contributed by atoms with E-state index in [0.29, 0.717) is 5.56 Å². The molecule has 0 radical (unpaired) electrons. The summed E-state index contributed by atoms with van der Waals surface area (Å²) in [5.41, 5.74) is 1.34. The topological polar surface area (TPSA) is 69.6 Å². The minimum atomic E-state index is -0.896. The highest BCUT2D eigenvalue weighted by atomic mass is 32.1. The fraction of sp³-hybridized carbons (Fsp3) is 0.368. The van der Waals surface area contributed by atoms with Crippen LogP contribution >= 0.6 is 11.3 Å². The zero-order valence-corrected chi connectivity index (χ0v) is 15.0. The smallest absolute Gasteiger partial charge is 0.335 e. The van der Waals surface area contributed by atoms with Crippen molar-refractivity contribution in [3.05, 3.63) is 57.3 Å². The van der Waals surface area contributed by atoms with Crippen LogP contribution in [0.15, 0.2) is 36.4 Å². The second-order valence-electron chi connectivity index (χ2n) is 6.44. The molecule has 1 saturated heterocycles. The molecule has 0 aliphatic carbocycles. The summed E-state index contributed by atoms with van der Waals surface area (Å²) in [5, 5.41) is 12.2. The van der Waals surface area contributed by atoms with Gasteiger partial charge in [0.05, 0.1) is 10.4 Å². The van der Waals surface area contributed by atoms with Gasteiger partial charge in [-0.15, -0.1) is 11.3 Å². The number of nitrogens with zero attached hydrogens (tertiary/aromatic N) is 1. The second kappa shape index (κ2) is 7.80. The molecule has 1 amide bonds. The molecule has 25 heavy (non-hydrogen) atoms. The number of thiophene rings is 1. The third-order valence-electron chi connectivity index (χ3n) is 4.47. The zero-order valence-electron chi connectivity index (χ0n) is 14.2. The average Bonchev–Trinajstić information content (AvgIpc) is 3.03. The molecule has 1 fully saturated rings. The van der Waals surface area contributed by atoms with Gasteiger partial charge in [-0.2, -0.15) is 0 Å². The fourth-order valence-electron chi connectivity index (χ4n) is 3.11. The summed E-state index contributed by atoms with van der Waals surface area (Å²) in [7, 11) is 0. The normalized spacial score (nSPS) is 15.9. The van der Waals surface area contributed by atoms with Gasteiger partial charge in [-0.1, -0.05) is 12.1 Å². The number of aryl methyl sites for hydroxylation is 1. The Hall–Kier alpha value is -2.18. The predicted molar refractivity (Wildman–Crippen MR) is 98.2 cm³/mol. The van der Waals surface area contributed by atoms with Crippen molar-refractivity contribution in [3.8, 4) is 0 Å². The van der Waals surface area contributed by atoms with Gasteiger partial charge in [0, 0.05) is 30.6 Å². The molecule has 5 nitrogen and oxygen atoms in total. The van der Waals surface area contributed by atoms with Crippen LogP contribution in [-0.4, -0.2) is 41.0 Å². The van der Waals surface area contributed by atoms with Crippen molar-refractivity contribution < 1.29 is 14.7 Å². The van der Waals surface area contributed by atoms with Gasteiger partial charge in [0.1, 0.15) is 0 Å². The first kappa shape index (κ1) is 17.6. The van der Waals surface area contributed by atoms with Gasteiger partial charge in [-0.3, -0.25) is 9.69 Å². The molecule has 132 valence electrons. The number of carbonyl (C=O) groups excluding carboxylic acids is 1. The maximum atomic E-state index is 12.2. The Balaban J connectivity index is 1.49. The van der Waals surface area contributed by atoms with E-state index in [1.807, 2.05) is 25.1 Å². The summed E-state index contributed by atoms with van der Waals surface area (Å²) in [6.07, 6.45) is 1.82. The van der Waals surface area contributed by atoms with Crippen LogP contribution in [0.3, 0.4) is 0 Å². The van der Waals surface area contributed by atoms with Crippen LogP contribution in [0.2, 0.25) is 0 Å². The third-order valence-corrected chi connectivity index (χ3v) is 5.47. The molecule has 0 spiro atoms. The van der Waals surface area contributed by atoms with Crippen molar-refractivity contribution >= 4 is 23.2 Å². The van der Waals surface area contributed by atoms with Crippen LogP contribution in [0.4, 0.5) is 0 Å². The Labute approximate surface area is 151 Å². The van der Waals surface area contributed by atoms with Gasteiger partial charge in [0.25, 0.3) is 5.91 Å². The molecule has 2 N–H and O–H groups in total. The van der Waals surface area contributed by atoms with E-state index in [9.17, 15) is 9.59 Å². The molecule has 0 saturated carbocycles. The van der Waals surface area contributed by atoms with E-state index in [4.69, 9.17) is 5.11 Å². The number of carbonyl (C=O) groups is 2. The van der Waals surface area contributed by atoms with Crippen LogP contribution < -0.4 is 5.32 Å². The number of hydrogen-bond donors (Lipinski definition) is 2. The van der Waals surface area contributed by atoms with Crippen molar-refractivity contribution in [2.45, 2.75) is 32.4 Å². The minimum absolute atomic E-state index is 0.0192. The summed E-state index contributed by atoms with van der Waals surface area (Å²) in [4.78, 5) is 27.5. The highest BCUT2D eigenvalue weighted by Gasteiger charge is 2.21. The summed E-state index contributed by atoms with van der Waals surface area (Å²) in [5.74, 6) is -0.877. The monoisotopic (exact) mass is 358 g/mol. The first-order valence-corrected chi connectivity index (χ1v) is 9.25. The summed E-state index contributed by atoms with van der Waals surface area (Å²) >= 11 is 1.52. The van der Waals surface area contributed by atoms with Gasteiger partial charge >= 0.3 is 5.97 Å². The zero-order chi connectivity index (χ0) is 17.8. The molecule has 1 aliphatic rings. The van der Waals surface area contributed by atoms with Crippen LogP contribution in [0.1, 0.15) is 43.3 Å². The average molecular weight is 358 g/mol. The first-order chi connectivity index (χ1) is 12.0. The maximum Gasteiger partial charge on any atom is 0.335 e. The van der Waals surface area contributed by atoms with Crippen molar-refractivity contribution in [3.63, 3.8) is 0 Å². The van der Waals surface area contributed by atoms with Crippen LogP contribution in [-0.2, 0) is 6.54 Å². The molecule has 2 aromatic rings. The van der Waals surface area contributed by atoms with Crippen LogP contribution in [0, 0.1) is 6.92 Å². The Morgan fingerprint density at radius 1 is 1.24 bits per heavy atom. The lowest BCUT2D eigenvalue weighted by molar-refractivity contribution is 0.0696. The van der Waals surface area contributed by atoms with Crippen LogP contribution in [0.25, 0.3) is 0 Å². The molecule has 1 aliphatic heterocycles. The van der Waals surface area contributed by atoms with Gasteiger partial charge in [0.15, 0.2) is 0 Å². The quantitative estimate of drug-likeness (QED) is 0.861. The van der Waals surface area contributed by atoms with E-state index in [2.05, 4.69) is 10.2 Å². The Morgan fingerprint density at radius 2 is 2.00 bits per heavy atom. The Kier molecular flexibility index (Phi) is 5.50. The van der Waals surface area contributed by atoms with E-state index >= 15 is 0 Å². The number of aromatic carboxylic acids is 1. The van der Waals surface area contributed by atoms with Crippen molar-refractivity contribution in [2.75, 3.05) is 13.1 Å². The molecule has 0 unspecified atom stereocenters. The van der Waals surface area contributed by atoms with Crippen LogP contribution in [0.5, 0.6) is 0 Å². The predicted octanol–water partition coefficient (Wildman–Crippen LogP) is 3.15. The number of rotatable bonds is 5. The summed E-state index contributed by atoms with van der Waals surface area (Å²) in [6.45, 7) is 4.53. The van der Waals surface area contributed by atoms with E-state index in [1.54, 1.807) is 18.2 Å². The summed E-state index contributed by atoms with van der Waals surface area (Å²) in [6, 6.07) is 11.1. The molecule has 0 bridgehead atoms. The molecule has 1 aromatic carbocycles. The van der Waals surface area contributed by atoms with E-state index < -0.39 is 5.97 Å². The standard InChI is InChI=1S/C19H22N2O3S/c1-13-5-6-17(25-13)18(22)20-16-7-9-21(10-8-16)12-14-3-2-4-15(11-14)19(23)24/h2-6,11,16H,7-10,12H2,1H3,(H,20,22)(H,23,24). The van der Waals surface area contributed by atoms with Gasteiger partial charge < -0.3 is 10.4 Å². The van der Waals surface area contributed by atoms with Gasteiger partial charge in [-0.05, 0) is 49.6 Å². The number of amides is 1.